The Balaban J connectivity index is 2.50. The SMILES string of the molecule is Nc1ccc(Nc2cc(Cl)c(F)c(Cl)c2)c(S(N)(=O)=O)c1. The number of hydrogen-bond donors (Lipinski definition) is 3. The number of rotatable bonds is 3. The van der Waals surface area contributed by atoms with E-state index in [1.54, 1.807) is 0 Å². The van der Waals surface area contributed by atoms with Crippen molar-refractivity contribution < 1.29 is 12.8 Å². The number of sulfonamides is 1. The second kappa shape index (κ2) is 5.69. The van der Waals surface area contributed by atoms with Crippen LogP contribution in [0.25, 0.3) is 0 Å². The van der Waals surface area contributed by atoms with Crippen molar-refractivity contribution in [3.05, 3.63) is 46.2 Å². The van der Waals surface area contributed by atoms with Crippen LogP contribution < -0.4 is 16.2 Å². The third-order valence-electron chi connectivity index (χ3n) is 2.58. The Morgan fingerprint density at radius 2 is 1.67 bits per heavy atom. The predicted molar refractivity (Wildman–Crippen MR) is 81.9 cm³/mol. The zero-order valence-corrected chi connectivity index (χ0v) is 12.7. The second-order valence-electron chi connectivity index (χ2n) is 4.18. The molecular formula is C12H10Cl2FN3O2S. The van der Waals surface area contributed by atoms with Crippen LogP contribution >= 0.6 is 23.2 Å². The molecule has 0 heterocycles. The van der Waals surface area contributed by atoms with Gasteiger partial charge in [0.25, 0.3) is 0 Å². The van der Waals surface area contributed by atoms with Crippen LogP contribution in [-0.2, 0) is 10.0 Å². The molecule has 0 atom stereocenters. The number of nitrogens with one attached hydrogen (secondary N) is 1. The van der Waals surface area contributed by atoms with Gasteiger partial charge in [0.05, 0.1) is 15.7 Å². The first-order valence-corrected chi connectivity index (χ1v) is 7.82. The van der Waals surface area contributed by atoms with E-state index in [2.05, 4.69) is 5.32 Å². The largest absolute Gasteiger partial charge is 0.399 e. The fourth-order valence-corrected chi connectivity index (χ4v) is 2.87. The lowest BCUT2D eigenvalue weighted by molar-refractivity contribution is 0.598. The van der Waals surface area contributed by atoms with Gasteiger partial charge in [0.1, 0.15) is 4.90 Å². The highest BCUT2D eigenvalue weighted by Crippen LogP contribution is 2.31. The van der Waals surface area contributed by atoms with Gasteiger partial charge in [-0.1, -0.05) is 23.2 Å². The monoisotopic (exact) mass is 349 g/mol. The topological polar surface area (TPSA) is 98.2 Å². The number of nitrogen functional groups attached to an aromatic ring is 1. The van der Waals surface area contributed by atoms with E-state index in [9.17, 15) is 12.8 Å². The molecule has 2 aromatic carbocycles. The Kier molecular flexibility index (Phi) is 4.29. The smallest absolute Gasteiger partial charge is 0.240 e. The highest BCUT2D eigenvalue weighted by molar-refractivity contribution is 7.89. The zero-order chi connectivity index (χ0) is 15.8. The van der Waals surface area contributed by atoms with Gasteiger partial charge < -0.3 is 11.1 Å². The Hall–Kier alpha value is -1.54. The van der Waals surface area contributed by atoms with E-state index in [1.807, 2.05) is 0 Å². The third kappa shape index (κ3) is 3.56. The van der Waals surface area contributed by atoms with Crippen molar-refractivity contribution in [1.82, 2.24) is 0 Å². The van der Waals surface area contributed by atoms with Gasteiger partial charge in [-0.25, -0.2) is 17.9 Å². The first-order valence-electron chi connectivity index (χ1n) is 5.52. The lowest BCUT2D eigenvalue weighted by Crippen LogP contribution is -2.14. The van der Waals surface area contributed by atoms with Gasteiger partial charge in [0, 0.05) is 11.4 Å². The van der Waals surface area contributed by atoms with Crippen LogP contribution in [0.5, 0.6) is 0 Å². The standard InChI is InChI=1S/C12H10Cl2FN3O2S/c13-8-4-7(5-9(14)12(8)15)18-10-2-1-6(16)3-11(10)21(17,19)20/h1-5,18H,16H2,(H2,17,19,20). The Morgan fingerprint density at radius 1 is 1.10 bits per heavy atom. The molecule has 0 amide bonds. The molecule has 9 heteroatoms. The molecule has 2 rings (SSSR count). The van der Waals surface area contributed by atoms with Crippen molar-refractivity contribution in [3.8, 4) is 0 Å². The quantitative estimate of drug-likeness (QED) is 0.585. The molecule has 0 aromatic heterocycles. The predicted octanol–water partition coefficient (Wildman–Crippen LogP) is 3.11. The third-order valence-corrected chi connectivity index (χ3v) is 4.08. The molecule has 0 fully saturated rings. The normalized spacial score (nSPS) is 11.4. The Bertz CT molecular complexity index is 789. The minimum absolute atomic E-state index is 0.172. The Labute approximate surface area is 130 Å². The fourth-order valence-electron chi connectivity index (χ4n) is 1.66. The van der Waals surface area contributed by atoms with Gasteiger partial charge in [-0.15, -0.1) is 0 Å². The van der Waals surface area contributed by atoms with Crippen molar-refractivity contribution in [1.29, 1.82) is 0 Å². The molecule has 0 bridgehead atoms. The summed E-state index contributed by atoms with van der Waals surface area (Å²) in [5, 5.41) is 7.50. The summed E-state index contributed by atoms with van der Waals surface area (Å²) in [6.07, 6.45) is 0. The number of anilines is 3. The average molecular weight is 350 g/mol. The van der Waals surface area contributed by atoms with E-state index in [1.165, 1.54) is 30.3 Å². The fraction of sp³-hybridized carbons (Fsp3) is 0. The molecule has 0 aliphatic carbocycles. The molecule has 2 aromatic rings. The van der Waals surface area contributed by atoms with Crippen LogP contribution in [0, 0.1) is 5.82 Å². The molecule has 0 saturated heterocycles. The maximum absolute atomic E-state index is 13.3. The number of hydrogen-bond acceptors (Lipinski definition) is 4. The molecule has 0 saturated carbocycles. The summed E-state index contributed by atoms with van der Waals surface area (Å²) in [4.78, 5) is -0.195. The highest BCUT2D eigenvalue weighted by Gasteiger charge is 2.16. The van der Waals surface area contributed by atoms with Crippen molar-refractivity contribution in [3.63, 3.8) is 0 Å². The van der Waals surface area contributed by atoms with E-state index < -0.39 is 15.8 Å². The molecule has 5 nitrogen and oxygen atoms in total. The molecule has 0 aliphatic rings. The summed E-state index contributed by atoms with van der Waals surface area (Å²) in [6, 6.07) is 6.67. The van der Waals surface area contributed by atoms with Crippen molar-refractivity contribution >= 4 is 50.3 Å². The summed E-state index contributed by atoms with van der Waals surface area (Å²) >= 11 is 11.4. The van der Waals surface area contributed by atoms with Crippen molar-refractivity contribution in [2.75, 3.05) is 11.1 Å². The summed E-state index contributed by atoms with van der Waals surface area (Å²) in [5.41, 5.74) is 6.26. The molecular weight excluding hydrogens is 340 g/mol. The molecule has 112 valence electrons. The maximum atomic E-state index is 13.3. The first-order chi connectivity index (χ1) is 9.68. The van der Waals surface area contributed by atoms with Crippen molar-refractivity contribution in [2.45, 2.75) is 4.90 Å². The van der Waals surface area contributed by atoms with E-state index in [4.69, 9.17) is 34.1 Å². The lowest BCUT2D eigenvalue weighted by Gasteiger charge is -2.12. The van der Waals surface area contributed by atoms with Crippen LogP contribution in [0.4, 0.5) is 21.5 Å². The van der Waals surface area contributed by atoms with Gasteiger partial charge in [-0.2, -0.15) is 0 Å². The van der Waals surface area contributed by atoms with Crippen LogP contribution in [0.2, 0.25) is 10.0 Å². The number of halogens is 3. The van der Waals surface area contributed by atoms with Crippen LogP contribution in [0.1, 0.15) is 0 Å². The molecule has 0 spiro atoms. The zero-order valence-electron chi connectivity index (χ0n) is 10.4. The molecule has 21 heavy (non-hydrogen) atoms. The summed E-state index contributed by atoms with van der Waals surface area (Å²) < 4.78 is 36.5. The van der Waals surface area contributed by atoms with Gasteiger partial charge in [-0.3, -0.25) is 0 Å². The van der Waals surface area contributed by atoms with E-state index >= 15 is 0 Å². The molecule has 0 aliphatic heterocycles. The Morgan fingerprint density at radius 3 is 2.19 bits per heavy atom. The lowest BCUT2D eigenvalue weighted by atomic mass is 10.2. The minimum atomic E-state index is -3.99. The highest BCUT2D eigenvalue weighted by atomic mass is 35.5. The van der Waals surface area contributed by atoms with Gasteiger partial charge in [-0.05, 0) is 30.3 Å². The summed E-state index contributed by atoms with van der Waals surface area (Å²) in [6.45, 7) is 0. The van der Waals surface area contributed by atoms with E-state index in [0.717, 1.165) is 0 Å². The van der Waals surface area contributed by atoms with Gasteiger partial charge >= 0.3 is 0 Å². The second-order valence-corrected chi connectivity index (χ2v) is 6.52. The van der Waals surface area contributed by atoms with Gasteiger partial charge in [0.15, 0.2) is 5.82 Å². The van der Waals surface area contributed by atoms with Crippen LogP contribution in [0.3, 0.4) is 0 Å². The van der Waals surface area contributed by atoms with E-state index in [0.29, 0.717) is 5.69 Å². The van der Waals surface area contributed by atoms with Crippen molar-refractivity contribution in [2.24, 2.45) is 5.14 Å². The average Bonchev–Trinajstić information content (AvgIpc) is 2.37. The van der Waals surface area contributed by atoms with Crippen LogP contribution in [0.15, 0.2) is 35.2 Å². The van der Waals surface area contributed by atoms with Gasteiger partial charge in [0.2, 0.25) is 10.0 Å². The summed E-state index contributed by atoms with van der Waals surface area (Å²) in [5.74, 6) is -0.757. The molecule has 0 unspecified atom stereocenters. The van der Waals surface area contributed by atoms with Crippen LogP contribution in [-0.4, -0.2) is 8.42 Å². The number of benzene rings is 2. The maximum Gasteiger partial charge on any atom is 0.240 e. The van der Waals surface area contributed by atoms with E-state index in [-0.39, 0.29) is 26.3 Å². The molecule has 5 N–H and O–H groups in total. The summed E-state index contributed by atoms with van der Waals surface area (Å²) in [7, 11) is -3.99. The number of primary sulfonamides is 1. The number of nitrogens with two attached hydrogens (primary N) is 2. The first kappa shape index (κ1) is 15.8. The minimum Gasteiger partial charge on any atom is -0.399 e. The molecule has 0 radical (unpaired) electrons.